The van der Waals surface area contributed by atoms with Gasteiger partial charge in [-0.1, -0.05) is 40.5 Å². The monoisotopic (exact) mass is 464 g/mol. The minimum absolute atomic E-state index is 0.0615. The highest BCUT2D eigenvalue weighted by Gasteiger charge is 2.68. The lowest BCUT2D eigenvalue weighted by Gasteiger charge is -2.39. The van der Waals surface area contributed by atoms with E-state index in [2.05, 4.69) is 0 Å². The average molecular weight is 465 g/mol. The second-order valence-corrected chi connectivity index (χ2v) is 9.67. The van der Waals surface area contributed by atoms with Gasteiger partial charge in [-0.25, -0.2) is 0 Å². The van der Waals surface area contributed by atoms with E-state index in [9.17, 15) is 30.0 Å². The van der Waals surface area contributed by atoms with Gasteiger partial charge in [0.25, 0.3) is 0 Å². The van der Waals surface area contributed by atoms with Crippen molar-refractivity contribution in [3.05, 3.63) is 22.8 Å². The Balaban J connectivity index is 1.95. The summed E-state index contributed by atoms with van der Waals surface area (Å²) in [5.74, 6) is -1.94. The molecule has 2 saturated heterocycles. The second-order valence-electron chi connectivity index (χ2n) is 9.67. The van der Waals surface area contributed by atoms with Gasteiger partial charge in [0.05, 0.1) is 29.4 Å². The van der Waals surface area contributed by atoms with E-state index >= 15 is 0 Å². The van der Waals surface area contributed by atoms with Gasteiger partial charge in [0.1, 0.15) is 11.5 Å². The van der Waals surface area contributed by atoms with Crippen molar-refractivity contribution >= 4 is 12.1 Å². The highest BCUT2D eigenvalue weighted by atomic mass is 16.7. The van der Waals surface area contributed by atoms with Crippen molar-refractivity contribution in [1.29, 1.82) is 0 Å². The lowest BCUT2D eigenvalue weighted by molar-refractivity contribution is -0.239. The molecule has 2 heterocycles. The van der Waals surface area contributed by atoms with Gasteiger partial charge < -0.3 is 29.9 Å². The van der Waals surface area contributed by atoms with Crippen molar-refractivity contribution < 1.29 is 39.5 Å². The third-order valence-electron chi connectivity index (χ3n) is 6.88. The summed E-state index contributed by atoms with van der Waals surface area (Å²) in [7, 11) is 0. The highest BCUT2D eigenvalue weighted by molar-refractivity contribution is 6.04. The van der Waals surface area contributed by atoms with E-state index in [1.807, 2.05) is 27.7 Å². The SMILES string of the molecule is CCCC[C@H](C(=O)c1cc(CC(C)C)c(O)c(C=O)c1O)[C@H]1C[C@@H](O)[C@@]2(O[C@H]2CC)[C@H](O)O1. The molecule has 0 saturated carbocycles. The number of aliphatic hydroxyl groups is 2. The largest absolute Gasteiger partial charge is 0.507 e. The Labute approximate surface area is 194 Å². The molecule has 0 bridgehead atoms. The molecule has 2 aliphatic rings. The van der Waals surface area contributed by atoms with Gasteiger partial charge in [0.15, 0.2) is 24.0 Å². The molecule has 3 rings (SSSR count). The van der Waals surface area contributed by atoms with Crippen LogP contribution in [0.25, 0.3) is 0 Å². The Morgan fingerprint density at radius 3 is 2.45 bits per heavy atom. The van der Waals surface area contributed by atoms with Crippen molar-refractivity contribution in [3.8, 4) is 11.5 Å². The summed E-state index contributed by atoms with van der Waals surface area (Å²) in [6, 6.07) is 1.44. The number of carbonyl (C=O) groups excluding carboxylic acids is 2. The van der Waals surface area contributed by atoms with E-state index in [1.165, 1.54) is 6.07 Å². The summed E-state index contributed by atoms with van der Waals surface area (Å²) >= 11 is 0. The molecule has 1 spiro atoms. The van der Waals surface area contributed by atoms with E-state index < -0.39 is 41.5 Å². The predicted molar refractivity (Wildman–Crippen MR) is 120 cm³/mol. The maximum atomic E-state index is 13.7. The van der Waals surface area contributed by atoms with Gasteiger partial charge in [0, 0.05) is 12.3 Å². The molecule has 0 unspecified atom stereocenters. The molecule has 33 heavy (non-hydrogen) atoms. The van der Waals surface area contributed by atoms with Gasteiger partial charge in [0.2, 0.25) is 0 Å². The number of Topliss-reactive ketones (excluding diaryl/α,β-unsaturated/α-hetero) is 1. The number of benzene rings is 1. The molecule has 1 aromatic carbocycles. The quantitative estimate of drug-likeness (QED) is 0.235. The first-order chi connectivity index (χ1) is 15.6. The average Bonchev–Trinajstić information content (AvgIpc) is 3.50. The van der Waals surface area contributed by atoms with Crippen LogP contribution in [0.15, 0.2) is 6.07 Å². The molecule has 8 nitrogen and oxygen atoms in total. The van der Waals surface area contributed by atoms with Crippen LogP contribution >= 0.6 is 0 Å². The highest BCUT2D eigenvalue weighted by Crippen LogP contribution is 2.50. The zero-order valence-electron chi connectivity index (χ0n) is 19.8. The number of aldehydes is 1. The molecule has 8 heteroatoms. The van der Waals surface area contributed by atoms with Crippen molar-refractivity contribution in [2.45, 2.75) is 96.4 Å². The molecule has 0 radical (unpaired) electrons. The number of epoxide rings is 1. The summed E-state index contributed by atoms with van der Waals surface area (Å²) in [5.41, 5.74) is -1.12. The summed E-state index contributed by atoms with van der Waals surface area (Å²) in [5, 5.41) is 42.5. The maximum absolute atomic E-state index is 13.7. The minimum Gasteiger partial charge on any atom is -0.507 e. The first kappa shape index (κ1) is 25.6. The fourth-order valence-corrected chi connectivity index (χ4v) is 5.03. The summed E-state index contributed by atoms with van der Waals surface area (Å²) in [6.45, 7) is 7.76. The first-order valence-corrected chi connectivity index (χ1v) is 11.9. The fraction of sp³-hybridized carbons (Fsp3) is 0.680. The summed E-state index contributed by atoms with van der Waals surface area (Å²) in [4.78, 5) is 25.3. The van der Waals surface area contributed by atoms with Gasteiger partial charge in [-0.15, -0.1) is 0 Å². The third-order valence-corrected chi connectivity index (χ3v) is 6.88. The molecular weight excluding hydrogens is 428 g/mol. The minimum atomic E-state index is -1.37. The Hall–Kier alpha value is -2.00. The molecule has 184 valence electrons. The Morgan fingerprint density at radius 2 is 1.94 bits per heavy atom. The molecule has 0 aromatic heterocycles. The number of aromatic hydroxyl groups is 2. The van der Waals surface area contributed by atoms with Crippen LogP contribution in [0.5, 0.6) is 11.5 Å². The van der Waals surface area contributed by atoms with Gasteiger partial charge >= 0.3 is 0 Å². The number of hydrogen-bond acceptors (Lipinski definition) is 8. The zero-order chi connectivity index (χ0) is 24.5. The van der Waals surface area contributed by atoms with E-state index in [0.29, 0.717) is 37.5 Å². The third kappa shape index (κ3) is 4.67. The van der Waals surface area contributed by atoms with Crippen LogP contribution in [0, 0.1) is 11.8 Å². The number of phenols is 2. The Bertz CT molecular complexity index is 868. The lowest BCUT2D eigenvalue weighted by atomic mass is 9.80. The zero-order valence-corrected chi connectivity index (χ0v) is 19.8. The summed E-state index contributed by atoms with van der Waals surface area (Å²) in [6.07, 6.45) is -0.0511. The fourth-order valence-electron chi connectivity index (χ4n) is 5.03. The number of carbonyl (C=O) groups is 2. The van der Waals surface area contributed by atoms with E-state index in [-0.39, 0.29) is 35.3 Å². The molecule has 2 aliphatic heterocycles. The van der Waals surface area contributed by atoms with Gasteiger partial charge in [-0.3, -0.25) is 9.59 Å². The smallest absolute Gasteiger partial charge is 0.189 e. The van der Waals surface area contributed by atoms with Crippen LogP contribution in [0.1, 0.15) is 86.1 Å². The molecule has 4 N–H and O–H groups in total. The van der Waals surface area contributed by atoms with E-state index in [1.54, 1.807) is 0 Å². The van der Waals surface area contributed by atoms with Crippen LogP contribution in [-0.4, -0.2) is 62.7 Å². The number of phenolic OH excluding ortho intramolecular Hbond substituents is 2. The number of aliphatic hydroxyl groups excluding tert-OH is 2. The van der Waals surface area contributed by atoms with Crippen LogP contribution in [-0.2, 0) is 15.9 Å². The van der Waals surface area contributed by atoms with Crippen LogP contribution in [0.3, 0.4) is 0 Å². The van der Waals surface area contributed by atoms with Crippen molar-refractivity contribution in [2.24, 2.45) is 11.8 Å². The molecule has 2 fully saturated rings. The van der Waals surface area contributed by atoms with Crippen molar-refractivity contribution in [2.75, 3.05) is 0 Å². The van der Waals surface area contributed by atoms with Crippen LogP contribution in [0.2, 0.25) is 0 Å². The topological polar surface area (TPSA) is 137 Å². The molecule has 1 aromatic rings. The molecule has 0 aliphatic carbocycles. The maximum Gasteiger partial charge on any atom is 0.189 e. The second kappa shape index (κ2) is 10.1. The van der Waals surface area contributed by atoms with Gasteiger partial charge in [-0.2, -0.15) is 0 Å². The number of ether oxygens (including phenoxy) is 2. The number of hydrogen-bond donors (Lipinski definition) is 4. The van der Waals surface area contributed by atoms with Crippen molar-refractivity contribution in [1.82, 2.24) is 0 Å². The number of ketones is 1. The number of unbranched alkanes of at least 4 members (excludes halogenated alkanes) is 1. The molecular formula is C25H36O8. The van der Waals surface area contributed by atoms with Gasteiger partial charge in [-0.05, 0) is 36.8 Å². The summed E-state index contributed by atoms with van der Waals surface area (Å²) < 4.78 is 11.4. The lowest BCUT2D eigenvalue weighted by Crippen LogP contribution is -2.55. The Morgan fingerprint density at radius 1 is 1.24 bits per heavy atom. The standard InChI is InChI=1S/C25H36O8/c1-5-7-8-15(18-11-19(27)25(24(31)32-18)20(6-2)33-25)22(29)16-10-14(9-13(3)4)21(28)17(12-26)23(16)30/h10,12-13,15,18-20,24,27-28,30-31H,5-9,11H2,1-4H3/t15-,18+,19+,20-,24+,25-/m0/s1. The van der Waals surface area contributed by atoms with E-state index in [0.717, 1.165) is 6.42 Å². The number of rotatable bonds is 10. The van der Waals surface area contributed by atoms with Crippen LogP contribution < -0.4 is 0 Å². The van der Waals surface area contributed by atoms with E-state index in [4.69, 9.17) is 9.47 Å². The first-order valence-electron chi connectivity index (χ1n) is 11.9. The predicted octanol–water partition coefficient (Wildman–Crippen LogP) is 3.11. The normalized spacial score (nSPS) is 29.9. The Kier molecular flexibility index (Phi) is 7.84. The molecule has 6 atom stereocenters. The molecule has 0 amide bonds. The van der Waals surface area contributed by atoms with Crippen LogP contribution in [0.4, 0.5) is 0 Å². The van der Waals surface area contributed by atoms with Crippen molar-refractivity contribution in [3.63, 3.8) is 0 Å².